The van der Waals surface area contributed by atoms with Crippen molar-refractivity contribution in [2.75, 3.05) is 24.5 Å². The Morgan fingerprint density at radius 3 is 0.944 bits per heavy atom. The summed E-state index contributed by atoms with van der Waals surface area (Å²) in [6.07, 6.45) is 0. The number of ether oxygens (including phenoxy) is 2. The van der Waals surface area contributed by atoms with Crippen molar-refractivity contribution in [3.8, 4) is 23.0 Å². The highest BCUT2D eigenvalue weighted by Crippen LogP contribution is 2.53. The quantitative estimate of drug-likeness (QED) is 0.163. The summed E-state index contributed by atoms with van der Waals surface area (Å²) in [7, 11) is 0. The molecule has 0 amide bonds. The van der Waals surface area contributed by atoms with Crippen LogP contribution in [-0.4, -0.2) is 26.9 Å². The van der Waals surface area contributed by atoms with Crippen LogP contribution in [0, 0.1) is 0 Å². The maximum absolute atomic E-state index is 10.5. The lowest BCUT2D eigenvalue weighted by Crippen LogP contribution is -2.70. The van der Waals surface area contributed by atoms with Crippen molar-refractivity contribution in [3.63, 3.8) is 0 Å². The van der Waals surface area contributed by atoms with Crippen LogP contribution < -0.4 is 99.5 Å². The third kappa shape index (κ3) is 6.30. The smallest absolute Gasteiger partial charge is 0.256 e. The van der Waals surface area contributed by atoms with E-state index in [2.05, 4.69) is 0 Å². The van der Waals surface area contributed by atoms with Gasteiger partial charge in [0.2, 0.25) is 0 Å². The van der Waals surface area contributed by atoms with Gasteiger partial charge in [-0.05, 0) is 181 Å². The molecule has 21 rings (SSSR count). The first-order valence-electron chi connectivity index (χ1n) is 46.0. The number of nitrogens with zero attached hydrogens (tertiary/aromatic N) is 5. The maximum Gasteiger partial charge on any atom is 0.256 e. The predicted octanol–water partition coefficient (Wildman–Crippen LogP) is 11.2. The number of rotatable bonds is 4. The molecule has 0 atom stereocenters. The van der Waals surface area contributed by atoms with Gasteiger partial charge < -0.3 is 34.0 Å². The van der Waals surface area contributed by atoms with E-state index in [1.54, 1.807) is 0 Å². The molecule has 11 heteroatoms. The third-order valence-electron chi connectivity index (χ3n) is 17.9. The van der Waals surface area contributed by atoms with Crippen LogP contribution in [0.15, 0.2) is 284 Å². The summed E-state index contributed by atoms with van der Waals surface area (Å²) in [6, 6.07) is -15.0. The van der Waals surface area contributed by atoms with Crippen LogP contribution in [0.4, 0.5) is 85.3 Å². The fraction of sp³-hybridized carbons (Fsp3) is 0. The average Bonchev–Trinajstić information content (AvgIpc) is 0.652. The Hall–Kier alpha value is -11.3. The molecule has 0 saturated heterocycles. The van der Waals surface area contributed by atoms with Gasteiger partial charge in [0, 0.05) is 85.3 Å². The molecule has 13 aromatic carbocycles. The zero-order chi connectivity index (χ0) is 89.1. The molecular weight excluding hydrogens is 1080 g/mol. The van der Waals surface area contributed by atoms with E-state index in [9.17, 15) is 41.1 Å². The van der Waals surface area contributed by atoms with Crippen LogP contribution in [0.3, 0.4) is 0 Å². The van der Waals surface area contributed by atoms with Crippen LogP contribution in [-0.2, 0) is 0 Å². The molecule has 89 heavy (non-hydrogen) atoms. The maximum atomic E-state index is 10.5. The van der Waals surface area contributed by atoms with Crippen LogP contribution in [0.5, 0.6) is 23.0 Å². The predicted molar refractivity (Wildman–Crippen MR) is 372 cm³/mol. The average molecular weight is 1170 g/mol. The van der Waals surface area contributed by atoms with Crippen molar-refractivity contribution in [2.24, 2.45) is 0 Å². The highest BCUT2D eigenvalue weighted by Gasteiger charge is 2.54. The van der Waals surface area contributed by atoms with Crippen LogP contribution >= 0.6 is 0 Å². The van der Waals surface area contributed by atoms with Crippen molar-refractivity contribution in [1.29, 1.82) is 0 Å². The molecule has 8 heterocycles. The van der Waals surface area contributed by atoms with E-state index in [0.717, 1.165) is 9.80 Å². The standard InChI is InChI=1S/C78H47B4N5O2/c1-5-23-48(24-6-1)83-62-37-21-41-72-74(62)81(54-33-15-19-39-70(54)88-72)58-43-56-66(45-64(58)83)85(50-27-9-3-10-28-50)68-47-69-77-78-76(68)79(56)52-31-13-17-35-60(52)87(78)61-36-18-14-32-53(61)80(77)57-44-59-65(46-67(57)86(69)51-29-11-4-12-30-51)84(49-25-7-2-8-26-49)63-38-22-42-73-75(63)82(59)55-34-16-20-40-71(55)89-73/h1-47H/i1D,2D,3D,4D,5D,6D,7D,8D,9D,10D,11D,12D,13D,14D,15D,16D,17D,18D,19D,20D,23D,24D,25D,26D,27D,28D,29D,30D,31D,32D,33D,34D,35D,36D,39D,40D. The molecule has 0 aromatic heterocycles. The monoisotopic (exact) mass is 1170 g/mol. The van der Waals surface area contributed by atoms with Crippen molar-refractivity contribution in [1.82, 2.24) is 0 Å². The van der Waals surface area contributed by atoms with Gasteiger partial charge in [0.25, 0.3) is 26.9 Å². The number of hydrogen-bond acceptors (Lipinski definition) is 7. The van der Waals surface area contributed by atoms with E-state index in [-0.39, 0.29) is 117 Å². The minimum Gasteiger partial charge on any atom is -0.458 e. The SMILES string of the molecule is [2H]c1c([2H])c([2H])c(N2c3cc4c(cc3B3c5c(cccc52)Oc2c([2H])c([2H])c([2H])c([2H])c23)B2c3c([2H])c([2H])c([2H])c([2H])c3N3c5c([2H])c([2H])c([2H])c([2H])c5B5c6cc7c(cc6N(c6c([2H])c([2H])c([2H])c([2H])c6[2H])c6cc(c2c3c65)N4c2c([2H])c([2H])c([2H])c([2H])c2[2H])N(c2c([2H])c([2H])c([2H])c([2H])c2[2H])c2cccc3c2B7c2c([2H])c([2H])c([2H])c([2H])c2O3)c([2H])c1[2H]. The first kappa shape index (κ1) is 25.6. The molecule has 7 nitrogen and oxygen atoms in total. The summed E-state index contributed by atoms with van der Waals surface area (Å²) in [6.45, 7) is -6.67. The second-order valence-corrected chi connectivity index (χ2v) is 21.9. The fourth-order valence-corrected chi connectivity index (χ4v) is 14.9. The number of benzene rings is 13. The van der Waals surface area contributed by atoms with Gasteiger partial charge in [-0.25, -0.2) is 0 Å². The summed E-state index contributed by atoms with van der Waals surface area (Å²) in [5.41, 5.74) is -7.74. The molecule has 13 aromatic rings. The second-order valence-electron chi connectivity index (χ2n) is 21.9. The Bertz CT molecular complexity index is 6970. The molecular formula is C78H47B4N5O2. The largest absolute Gasteiger partial charge is 0.458 e. The van der Waals surface area contributed by atoms with Gasteiger partial charge in [-0.15, -0.1) is 0 Å². The molecule has 0 fully saturated rings. The minimum absolute atomic E-state index is 0.0303. The zero-order valence-electron chi connectivity index (χ0n) is 81.2. The Labute approximate surface area is 567 Å². The number of anilines is 15. The highest BCUT2D eigenvalue weighted by molar-refractivity contribution is 7.06. The molecule has 8 aliphatic rings. The van der Waals surface area contributed by atoms with Crippen LogP contribution in [0.2, 0.25) is 0 Å². The molecule has 0 saturated carbocycles. The summed E-state index contributed by atoms with van der Waals surface area (Å²) in [5.74, 6) is -0.928. The van der Waals surface area contributed by atoms with Crippen molar-refractivity contribution < 1.29 is 58.8 Å². The van der Waals surface area contributed by atoms with Gasteiger partial charge in [-0.2, -0.15) is 0 Å². The van der Waals surface area contributed by atoms with Crippen molar-refractivity contribution in [3.05, 3.63) is 284 Å². The van der Waals surface area contributed by atoms with E-state index < -0.39 is 301 Å². The van der Waals surface area contributed by atoms with Gasteiger partial charge in [0.05, 0.1) is 49.3 Å². The first-order chi connectivity index (χ1) is 59.1. The lowest BCUT2D eigenvalue weighted by atomic mass is 9.27. The summed E-state index contributed by atoms with van der Waals surface area (Å²) in [5, 5.41) is 0. The molecule has 0 spiro atoms. The van der Waals surface area contributed by atoms with E-state index in [1.165, 1.54) is 81.4 Å². The normalized spacial score (nSPS) is 20.2. The lowest BCUT2D eigenvalue weighted by Gasteiger charge is -2.51. The third-order valence-corrected chi connectivity index (χ3v) is 17.9. The van der Waals surface area contributed by atoms with E-state index in [0.29, 0.717) is 0 Å². The van der Waals surface area contributed by atoms with Gasteiger partial charge in [-0.1, -0.05) is 169 Å². The summed E-state index contributed by atoms with van der Waals surface area (Å²) >= 11 is 0. The first-order valence-corrected chi connectivity index (χ1v) is 28.0. The minimum atomic E-state index is -1.83. The summed E-state index contributed by atoms with van der Waals surface area (Å²) in [4.78, 5) is 6.01. The van der Waals surface area contributed by atoms with Gasteiger partial charge >= 0.3 is 0 Å². The van der Waals surface area contributed by atoms with Gasteiger partial charge in [0.1, 0.15) is 23.0 Å². The zero-order valence-corrected chi connectivity index (χ0v) is 45.2. The fourth-order valence-electron chi connectivity index (χ4n) is 14.9. The molecule has 8 aliphatic heterocycles. The number of fused-ring (bicyclic) bond motifs is 18. The van der Waals surface area contributed by atoms with Crippen LogP contribution in [0.1, 0.15) is 49.3 Å². The molecule has 0 unspecified atom stereocenters. The van der Waals surface area contributed by atoms with Gasteiger partial charge in [0.15, 0.2) is 0 Å². The van der Waals surface area contributed by atoms with E-state index >= 15 is 0 Å². The second kappa shape index (κ2) is 17.7. The molecule has 408 valence electrons. The van der Waals surface area contributed by atoms with Crippen LogP contribution in [0.25, 0.3) is 0 Å². The molecule has 0 aliphatic carbocycles. The lowest BCUT2D eigenvalue weighted by molar-refractivity contribution is 0.487. The number of para-hydroxylation sites is 8. The molecule has 0 radical (unpaired) electrons. The number of hydrogen-bond donors (Lipinski definition) is 0. The molecule has 0 N–H and O–H groups in total. The van der Waals surface area contributed by atoms with Gasteiger partial charge in [-0.3, -0.25) is 0 Å². The Morgan fingerprint density at radius 1 is 0.236 bits per heavy atom. The molecule has 0 bridgehead atoms. The van der Waals surface area contributed by atoms with E-state index in [4.69, 9.17) is 17.7 Å². The van der Waals surface area contributed by atoms with E-state index in [1.807, 2.05) is 0 Å². The summed E-state index contributed by atoms with van der Waals surface area (Å²) < 4.78 is 360. The van der Waals surface area contributed by atoms with Crippen molar-refractivity contribution >= 4 is 178 Å². The Morgan fingerprint density at radius 2 is 0.551 bits per heavy atom. The van der Waals surface area contributed by atoms with Crippen molar-refractivity contribution in [2.45, 2.75) is 0 Å². The Kier molecular flexibility index (Phi) is 5.08. The Balaban J connectivity index is 0.999. The highest BCUT2D eigenvalue weighted by atomic mass is 16.5. The topological polar surface area (TPSA) is 34.7 Å².